The molecule has 1 aromatic carbocycles. The summed E-state index contributed by atoms with van der Waals surface area (Å²) in [5.74, 6) is 1.83. The molecule has 0 saturated carbocycles. The zero-order valence-electron chi connectivity index (χ0n) is 14.8. The molecule has 0 radical (unpaired) electrons. The third kappa shape index (κ3) is 4.36. The summed E-state index contributed by atoms with van der Waals surface area (Å²) in [5.41, 5.74) is 0.626. The number of benzene rings is 1. The Morgan fingerprint density at radius 3 is 2.58 bits per heavy atom. The molecule has 3 rings (SSSR count). The summed E-state index contributed by atoms with van der Waals surface area (Å²) in [5, 5.41) is 15.9. The minimum absolute atomic E-state index is 0.212. The molecule has 0 saturated heterocycles. The molecule has 0 aliphatic carbocycles. The largest absolute Gasteiger partial charge is 0.368 e. The van der Waals surface area contributed by atoms with E-state index in [1.54, 1.807) is 34.8 Å². The van der Waals surface area contributed by atoms with Crippen molar-refractivity contribution < 1.29 is 8.42 Å². The van der Waals surface area contributed by atoms with E-state index in [1.165, 1.54) is 0 Å². The number of nitrogens with zero attached hydrogens (tertiary/aromatic N) is 4. The van der Waals surface area contributed by atoms with E-state index in [2.05, 4.69) is 39.2 Å². The van der Waals surface area contributed by atoms with Crippen molar-refractivity contribution in [3.05, 3.63) is 48.3 Å². The number of hydrogen-bond acceptors (Lipinski definition) is 6. The van der Waals surface area contributed by atoms with Crippen LogP contribution in [-0.2, 0) is 16.4 Å². The zero-order chi connectivity index (χ0) is 18.6. The fraction of sp³-hybridized carbons (Fsp3) is 0.353. The molecule has 26 heavy (non-hydrogen) atoms. The maximum absolute atomic E-state index is 12.2. The first-order chi connectivity index (χ1) is 12.5. The van der Waals surface area contributed by atoms with Gasteiger partial charge in [0.25, 0.3) is 0 Å². The standard InChI is InChI=1S/C17H22N6O2S/c1-13(2)12-18-15-8-9-16-20-21-17(23(16)22-15)10-11-19-26(24,25)14-6-4-3-5-7-14/h3-9,13,19H,10-12H2,1-2H3,(H,18,22). The van der Waals surface area contributed by atoms with E-state index >= 15 is 0 Å². The molecule has 0 fully saturated rings. The van der Waals surface area contributed by atoms with Crippen LogP contribution in [0.4, 0.5) is 5.82 Å². The maximum Gasteiger partial charge on any atom is 0.240 e. The van der Waals surface area contributed by atoms with Crippen LogP contribution < -0.4 is 10.0 Å². The lowest BCUT2D eigenvalue weighted by Gasteiger charge is -2.08. The number of anilines is 1. The van der Waals surface area contributed by atoms with Gasteiger partial charge < -0.3 is 5.32 Å². The average molecular weight is 374 g/mol. The van der Waals surface area contributed by atoms with Gasteiger partial charge in [-0.2, -0.15) is 4.52 Å². The van der Waals surface area contributed by atoms with E-state index in [0.29, 0.717) is 23.8 Å². The van der Waals surface area contributed by atoms with Crippen LogP contribution in [0.2, 0.25) is 0 Å². The summed E-state index contributed by atoms with van der Waals surface area (Å²) in [6.07, 6.45) is 0.383. The molecule has 2 heterocycles. The molecule has 0 aliphatic rings. The Balaban J connectivity index is 1.68. The third-order valence-electron chi connectivity index (χ3n) is 3.71. The van der Waals surface area contributed by atoms with E-state index in [0.717, 1.165) is 12.4 Å². The Bertz CT molecular complexity index is 969. The molecule has 0 amide bonds. The lowest BCUT2D eigenvalue weighted by Crippen LogP contribution is -2.26. The second kappa shape index (κ2) is 7.79. The number of fused-ring (bicyclic) bond motifs is 1. The quantitative estimate of drug-likeness (QED) is 0.622. The number of nitrogens with one attached hydrogen (secondary N) is 2. The summed E-state index contributed by atoms with van der Waals surface area (Å²) in [7, 11) is -3.53. The first-order valence-electron chi connectivity index (χ1n) is 8.45. The molecule has 2 aromatic heterocycles. The van der Waals surface area contributed by atoms with Crippen molar-refractivity contribution in [2.24, 2.45) is 5.92 Å². The first kappa shape index (κ1) is 18.3. The van der Waals surface area contributed by atoms with E-state index in [1.807, 2.05) is 12.1 Å². The van der Waals surface area contributed by atoms with Crippen molar-refractivity contribution in [3.8, 4) is 0 Å². The van der Waals surface area contributed by atoms with E-state index < -0.39 is 10.0 Å². The zero-order valence-corrected chi connectivity index (χ0v) is 15.6. The topological polar surface area (TPSA) is 101 Å². The highest BCUT2D eigenvalue weighted by atomic mass is 32.2. The highest BCUT2D eigenvalue weighted by Crippen LogP contribution is 2.10. The molecule has 138 valence electrons. The minimum atomic E-state index is -3.53. The summed E-state index contributed by atoms with van der Waals surface area (Å²) < 4.78 is 28.7. The molecule has 0 aliphatic heterocycles. The lowest BCUT2D eigenvalue weighted by molar-refractivity contribution is 0.580. The molecule has 3 aromatic rings. The smallest absolute Gasteiger partial charge is 0.240 e. The molecule has 0 unspecified atom stereocenters. The molecule has 0 bridgehead atoms. The van der Waals surface area contributed by atoms with Gasteiger partial charge in [-0.15, -0.1) is 15.3 Å². The van der Waals surface area contributed by atoms with Crippen LogP contribution in [0, 0.1) is 5.92 Å². The molecular formula is C17H22N6O2S. The Kier molecular flexibility index (Phi) is 5.48. The van der Waals surface area contributed by atoms with Gasteiger partial charge in [0.2, 0.25) is 10.0 Å². The van der Waals surface area contributed by atoms with Crippen LogP contribution >= 0.6 is 0 Å². The first-order valence-corrected chi connectivity index (χ1v) is 9.94. The fourth-order valence-corrected chi connectivity index (χ4v) is 3.43. The summed E-state index contributed by atoms with van der Waals surface area (Å²) in [6, 6.07) is 12.0. The monoisotopic (exact) mass is 374 g/mol. The number of aromatic nitrogens is 4. The maximum atomic E-state index is 12.2. The van der Waals surface area contributed by atoms with Crippen LogP contribution in [0.3, 0.4) is 0 Å². The van der Waals surface area contributed by atoms with Gasteiger partial charge in [-0.3, -0.25) is 0 Å². The van der Waals surface area contributed by atoms with E-state index in [-0.39, 0.29) is 11.4 Å². The molecule has 2 N–H and O–H groups in total. The molecule has 9 heteroatoms. The number of sulfonamides is 1. The van der Waals surface area contributed by atoms with Crippen molar-refractivity contribution in [3.63, 3.8) is 0 Å². The minimum Gasteiger partial charge on any atom is -0.368 e. The van der Waals surface area contributed by atoms with Crippen LogP contribution in [0.5, 0.6) is 0 Å². The predicted molar refractivity (Wildman–Crippen MR) is 99.4 cm³/mol. The molecular weight excluding hydrogens is 352 g/mol. The van der Waals surface area contributed by atoms with Crippen LogP contribution in [0.1, 0.15) is 19.7 Å². The van der Waals surface area contributed by atoms with Gasteiger partial charge >= 0.3 is 0 Å². The fourth-order valence-electron chi connectivity index (χ4n) is 2.37. The van der Waals surface area contributed by atoms with Gasteiger partial charge in [-0.25, -0.2) is 13.1 Å². The van der Waals surface area contributed by atoms with Crippen molar-refractivity contribution in [1.82, 2.24) is 24.5 Å². The lowest BCUT2D eigenvalue weighted by atomic mass is 10.2. The van der Waals surface area contributed by atoms with Gasteiger partial charge in [0.05, 0.1) is 4.90 Å². The van der Waals surface area contributed by atoms with Crippen LogP contribution in [-0.4, -0.2) is 41.3 Å². The van der Waals surface area contributed by atoms with Gasteiger partial charge in [-0.05, 0) is 30.2 Å². The van der Waals surface area contributed by atoms with Gasteiger partial charge in [-0.1, -0.05) is 32.0 Å². The highest BCUT2D eigenvalue weighted by Gasteiger charge is 2.14. The number of hydrogen-bond donors (Lipinski definition) is 2. The van der Waals surface area contributed by atoms with Crippen molar-refractivity contribution >= 4 is 21.5 Å². The van der Waals surface area contributed by atoms with Gasteiger partial charge in [0.15, 0.2) is 11.5 Å². The average Bonchev–Trinajstić information content (AvgIpc) is 3.03. The summed E-state index contributed by atoms with van der Waals surface area (Å²) >= 11 is 0. The second-order valence-corrected chi connectivity index (χ2v) is 8.11. The van der Waals surface area contributed by atoms with Crippen molar-refractivity contribution in [1.29, 1.82) is 0 Å². The Hall–Kier alpha value is -2.52. The van der Waals surface area contributed by atoms with Gasteiger partial charge in [0, 0.05) is 19.5 Å². The highest BCUT2D eigenvalue weighted by molar-refractivity contribution is 7.89. The van der Waals surface area contributed by atoms with Crippen molar-refractivity contribution in [2.45, 2.75) is 25.2 Å². The predicted octanol–water partition coefficient (Wildman–Crippen LogP) is 1.71. The van der Waals surface area contributed by atoms with E-state index in [9.17, 15) is 8.42 Å². The summed E-state index contributed by atoms with van der Waals surface area (Å²) in [6.45, 7) is 5.26. The Morgan fingerprint density at radius 1 is 1.08 bits per heavy atom. The Morgan fingerprint density at radius 2 is 1.85 bits per heavy atom. The van der Waals surface area contributed by atoms with Crippen molar-refractivity contribution in [2.75, 3.05) is 18.4 Å². The molecule has 0 atom stereocenters. The number of rotatable bonds is 8. The van der Waals surface area contributed by atoms with E-state index in [4.69, 9.17) is 0 Å². The molecule has 0 spiro atoms. The third-order valence-corrected chi connectivity index (χ3v) is 5.19. The Labute approximate surface area is 152 Å². The molecule has 8 nitrogen and oxygen atoms in total. The van der Waals surface area contributed by atoms with Gasteiger partial charge in [0.1, 0.15) is 5.82 Å². The summed E-state index contributed by atoms with van der Waals surface area (Å²) in [4.78, 5) is 0.240. The SMILES string of the molecule is CC(C)CNc1ccc2nnc(CCNS(=O)(=O)c3ccccc3)n2n1. The normalized spacial score (nSPS) is 12.0. The second-order valence-electron chi connectivity index (χ2n) is 6.34. The van der Waals surface area contributed by atoms with Crippen LogP contribution in [0.15, 0.2) is 47.4 Å². The van der Waals surface area contributed by atoms with Crippen LogP contribution in [0.25, 0.3) is 5.65 Å².